The van der Waals surface area contributed by atoms with Gasteiger partial charge in [-0.05, 0) is 30.4 Å². The number of imidazole rings is 1. The number of sulfonamides is 1. The molecule has 0 amide bonds. The van der Waals surface area contributed by atoms with Crippen molar-refractivity contribution in [2.45, 2.75) is 24.8 Å². The van der Waals surface area contributed by atoms with Crippen LogP contribution in [0.15, 0.2) is 29.4 Å². The summed E-state index contributed by atoms with van der Waals surface area (Å²) in [5, 5.41) is 3.02. The highest BCUT2D eigenvalue weighted by atomic mass is 32.2. The maximum Gasteiger partial charge on any atom is 0.260 e. The number of nitrogens with one attached hydrogen (secondary N) is 2. The Labute approximate surface area is 118 Å². The number of rotatable bonds is 5. The van der Waals surface area contributed by atoms with Crippen molar-refractivity contribution < 1.29 is 8.42 Å². The van der Waals surface area contributed by atoms with Crippen LogP contribution in [0, 0.1) is 5.41 Å². The van der Waals surface area contributed by atoms with Crippen molar-refractivity contribution in [3.8, 4) is 0 Å². The van der Waals surface area contributed by atoms with E-state index >= 15 is 0 Å². The van der Waals surface area contributed by atoms with Gasteiger partial charge in [-0.2, -0.15) is 0 Å². The number of fused-ring (bicyclic) bond motifs is 1. The molecule has 2 aromatic rings. The van der Waals surface area contributed by atoms with Crippen LogP contribution in [-0.4, -0.2) is 31.4 Å². The fraction of sp³-hybridized carbons (Fsp3) is 0.462. The Morgan fingerprint density at radius 3 is 2.80 bits per heavy atom. The molecule has 1 aliphatic carbocycles. The van der Waals surface area contributed by atoms with Gasteiger partial charge in [-0.1, -0.05) is 13.0 Å². The Kier molecular flexibility index (Phi) is 2.98. The molecule has 0 saturated heterocycles. The van der Waals surface area contributed by atoms with Gasteiger partial charge in [-0.15, -0.1) is 0 Å². The van der Waals surface area contributed by atoms with E-state index in [1.807, 2.05) is 6.07 Å². The third-order valence-corrected chi connectivity index (χ3v) is 5.19. The lowest BCUT2D eigenvalue weighted by atomic mass is 10.2. The number of aromatic nitrogens is 2. The normalized spacial score (nSPS) is 17.3. The van der Waals surface area contributed by atoms with Crippen LogP contribution < -0.4 is 10.0 Å². The van der Waals surface area contributed by atoms with E-state index in [2.05, 4.69) is 21.9 Å². The van der Waals surface area contributed by atoms with Gasteiger partial charge in [0.2, 0.25) is 0 Å². The highest BCUT2D eigenvalue weighted by Gasteiger charge is 2.38. The van der Waals surface area contributed by atoms with Crippen molar-refractivity contribution in [2.24, 2.45) is 5.41 Å². The van der Waals surface area contributed by atoms with Crippen LogP contribution in [0.1, 0.15) is 19.8 Å². The fourth-order valence-electron chi connectivity index (χ4n) is 2.12. The Bertz CT molecular complexity index is 747. The predicted molar refractivity (Wildman–Crippen MR) is 77.3 cm³/mol. The summed E-state index contributed by atoms with van der Waals surface area (Å²) in [4.78, 5) is 4.29. The third-order valence-electron chi connectivity index (χ3n) is 3.77. The topological polar surface area (TPSA) is 75.5 Å². The summed E-state index contributed by atoms with van der Waals surface area (Å²) in [6, 6.07) is 5.40. The maximum atomic E-state index is 12.5. The Morgan fingerprint density at radius 1 is 1.40 bits per heavy atom. The molecule has 2 heterocycles. The summed E-state index contributed by atoms with van der Waals surface area (Å²) < 4.78 is 29.4. The number of anilines is 1. The highest BCUT2D eigenvalue weighted by Crippen LogP contribution is 2.44. The second kappa shape index (κ2) is 4.46. The smallest absolute Gasteiger partial charge is 0.260 e. The molecule has 6 nitrogen and oxygen atoms in total. The van der Waals surface area contributed by atoms with Crippen molar-refractivity contribution in [3.63, 3.8) is 0 Å². The van der Waals surface area contributed by atoms with Crippen LogP contribution in [0.4, 0.5) is 5.82 Å². The van der Waals surface area contributed by atoms with Gasteiger partial charge in [-0.3, -0.25) is 4.40 Å². The third kappa shape index (κ3) is 2.27. The summed E-state index contributed by atoms with van der Waals surface area (Å²) in [6.45, 7) is 2.56. The zero-order valence-electron chi connectivity index (χ0n) is 11.5. The Morgan fingerprint density at radius 2 is 2.15 bits per heavy atom. The van der Waals surface area contributed by atoms with E-state index in [4.69, 9.17) is 0 Å². The first kappa shape index (κ1) is 13.4. The lowest BCUT2D eigenvalue weighted by Crippen LogP contribution is -2.30. The summed E-state index contributed by atoms with van der Waals surface area (Å²) >= 11 is 0. The molecule has 0 aromatic carbocycles. The largest absolute Gasteiger partial charge is 0.371 e. The molecule has 20 heavy (non-hydrogen) atoms. The van der Waals surface area contributed by atoms with Crippen molar-refractivity contribution >= 4 is 21.5 Å². The number of nitrogens with zero attached hydrogens (tertiary/aromatic N) is 2. The maximum absolute atomic E-state index is 12.5. The summed E-state index contributed by atoms with van der Waals surface area (Å²) in [7, 11) is -1.92. The lowest BCUT2D eigenvalue weighted by Gasteiger charge is -2.11. The quantitative estimate of drug-likeness (QED) is 0.875. The molecular formula is C13H18N4O2S. The minimum atomic E-state index is -3.59. The van der Waals surface area contributed by atoms with Gasteiger partial charge >= 0.3 is 0 Å². The Hall–Kier alpha value is -1.60. The van der Waals surface area contributed by atoms with E-state index in [0.29, 0.717) is 18.0 Å². The molecule has 0 bridgehead atoms. The van der Waals surface area contributed by atoms with Crippen LogP contribution in [0.5, 0.6) is 0 Å². The number of hydrogen-bond acceptors (Lipinski definition) is 4. The summed E-state index contributed by atoms with van der Waals surface area (Å²) in [5.74, 6) is 0.365. The molecule has 7 heteroatoms. The van der Waals surface area contributed by atoms with Crippen LogP contribution >= 0.6 is 0 Å². The minimum absolute atomic E-state index is 0.118. The molecule has 3 rings (SSSR count). The van der Waals surface area contributed by atoms with E-state index in [1.165, 1.54) is 0 Å². The van der Waals surface area contributed by atoms with Crippen molar-refractivity contribution in [3.05, 3.63) is 24.4 Å². The summed E-state index contributed by atoms with van der Waals surface area (Å²) in [6.07, 6.45) is 3.85. The van der Waals surface area contributed by atoms with E-state index < -0.39 is 10.0 Å². The van der Waals surface area contributed by atoms with Gasteiger partial charge in [0.25, 0.3) is 10.0 Å². The molecule has 108 valence electrons. The van der Waals surface area contributed by atoms with E-state index in [9.17, 15) is 8.42 Å². The zero-order chi connectivity index (χ0) is 14.4. The van der Waals surface area contributed by atoms with Crippen molar-refractivity contribution in [2.75, 3.05) is 18.9 Å². The average molecular weight is 294 g/mol. The first-order chi connectivity index (χ1) is 9.45. The first-order valence-corrected chi connectivity index (χ1v) is 8.08. The molecular weight excluding hydrogens is 276 g/mol. The van der Waals surface area contributed by atoms with Gasteiger partial charge < -0.3 is 5.32 Å². The summed E-state index contributed by atoms with van der Waals surface area (Å²) in [5.41, 5.74) is 0.725. The van der Waals surface area contributed by atoms with Crippen LogP contribution in [0.25, 0.3) is 5.65 Å². The van der Waals surface area contributed by atoms with Gasteiger partial charge in [0, 0.05) is 19.8 Å². The number of pyridine rings is 1. The predicted octanol–water partition coefficient (Wildman–Crippen LogP) is 1.45. The van der Waals surface area contributed by atoms with E-state index in [1.54, 1.807) is 29.8 Å². The van der Waals surface area contributed by atoms with Crippen LogP contribution in [0.2, 0.25) is 0 Å². The average Bonchev–Trinajstić information content (AvgIpc) is 3.03. The van der Waals surface area contributed by atoms with Gasteiger partial charge in [0.05, 0.1) is 0 Å². The molecule has 2 aromatic heterocycles. The van der Waals surface area contributed by atoms with E-state index in [-0.39, 0.29) is 10.4 Å². The standard InChI is InChI=1S/C13H18N4O2S/c1-13(6-7-13)9-15-20(18,19)12-11(14-2)16-10-5-3-4-8-17(10)12/h3-5,8,14-15H,6-7,9H2,1-2H3. The van der Waals surface area contributed by atoms with Crippen molar-refractivity contribution in [1.29, 1.82) is 0 Å². The molecule has 0 unspecified atom stereocenters. The SMILES string of the molecule is CNc1nc2ccccn2c1S(=O)(=O)NCC1(C)CC1. The molecule has 0 atom stereocenters. The van der Waals surface area contributed by atoms with Crippen LogP contribution in [-0.2, 0) is 10.0 Å². The molecule has 1 aliphatic rings. The molecule has 0 spiro atoms. The van der Waals surface area contributed by atoms with Gasteiger partial charge in [0.15, 0.2) is 10.8 Å². The molecule has 1 saturated carbocycles. The lowest BCUT2D eigenvalue weighted by molar-refractivity contribution is 0.528. The second-order valence-corrected chi connectivity index (χ2v) is 7.26. The molecule has 2 N–H and O–H groups in total. The van der Waals surface area contributed by atoms with Crippen molar-refractivity contribution in [1.82, 2.24) is 14.1 Å². The fourth-order valence-corrected chi connectivity index (χ4v) is 3.61. The van der Waals surface area contributed by atoms with Gasteiger partial charge in [0.1, 0.15) is 5.65 Å². The number of hydrogen-bond donors (Lipinski definition) is 2. The molecule has 0 aliphatic heterocycles. The monoisotopic (exact) mass is 294 g/mol. The van der Waals surface area contributed by atoms with Gasteiger partial charge in [-0.25, -0.2) is 18.1 Å². The minimum Gasteiger partial charge on any atom is -0.371 e. The molecule has 0 radical (unpaired) electrons. The first-order valence-electron chi connectivity index (χ1n) is 6.60. The second-order valence-electron chi connectivity index (χ2n) is 5.58. The Balaban J connectivity index is 2.03. The zero-order valence-corrected chi connectivity index (χ0v) is 12.4. The molecule has 1 fully saturated rings. The van der Waals surface area contributed by atoms with E-state index in [0.717, 1.165) is 12.8 Å². The highest BCUT2D eigenvalue weighted by molar-refractivity contribution is 7.89. The van der Waals surface area contributed by atoms with Crippen LogP contribution in [0.3, 0.4) is 0 Å².